The smallest absolute Gasteiger partial charge is 0.136 e. The number of allylic oxidation sites excluding steroid dienone is 1. The van der Waals surface area contributed by atoms with Crippen LogP contribution in [0.25, 0.3) is 5.57 Å². The van der Waals surface area contributed by atoms with Crippen LogP contribution in [0, 0.1) is 41.5 Å². The molecule has 0 aliphatic carbocycles. The fraction of sp³-hybridized carbons (Fsp3) is 0.241. The van der Waals surface area contributed by atoms with E-state index in [4.69, 9.17) is 23.2 Å². The van der Waals surface area contributed by atoms with E-state index in [0.29, 0.717) is 0 Å². The van der Waals surface area contributed by atoms with Gasteiger partial charge in [0.25, 0.3) is 0 Å². The van der Waals surface area contributed by atoms with Gasteiger partial charge in [0.05, 0.1) is 11.4 Å². The second-order valence-electron chi connectivity index (χ2n) is 8.94. The standard InChI is InChI=1S/C29H30Cl2N2/c1-18-14-20(3)26(21(4)15-18)32-12-13-33(27-22(5)16-19(2)17-23(27)6)29(32)25(28(30)31)24-10-8-7-9-11-24/h7-17,28H,1-6H3. The van der Waals surface area contributed by atoms with Crippen molar-refractivity contribution >= 4 is 40.1 Å². The molecule has 0 fully saturated rings. The molecular formula is C29H30Cl2N2. The predicted octanol–water partition coefficient (Wildman–Crippen LogP) is 8.51. The highest BCUT2D eigenvalue weighted by Gasteiger charge is 2.32. The van der Waals surface area contributed by atoms with Crippen molar-refractivity contribution in [1.82, 2.24) is 0 Å². The molecule has 1 heterocycles. The molecule has 4 heteroatoms. The van der Waals surface area contributed by atoms with E-state index in [2.05, 4.69) is 100 Å². The lowest BCUT2D eigenvalue weighted by Gasteiger charge is -2.32. The largest absolute Gasteiger partial charge is 0.301 e. The molecule has 1 aliphatic rings. The topological polar surface area (TPSA) is 6.48 Å². The van der Waals surface area contributed by atoms with Crippen LogP contribution in [0.4, 0.5) is 11.4 Å². The molecule has 0 atom stereocenters. The highest BCUT2D eigenvalue weighted by molar-refractivity contribution is 6.50. The number of rotatable bonds is 4. The second-order valence-corrected chi connectivity index (χ2v) is 10.0. The van der Waals surface area contributed by atoms with E-state index in [1.165, 1.54) is 33.4 Å². The molecule has 0 aromatic heterocycles. The van der Waals surface area contributed by atoms with Crippen LogP contribution in [0.3, 0.4) is 0 Å². The summed E-state index contributed by atoms with van der Waals surface area (Å²) in [5.74, 6) is 0.960. The maximum absolute atomic E-state index is 6.70. The van der Waals surface area contributed by atoms with Gasteiger partial charge < -0.3 is 9.80 Å². The molecule has 3 aromatic rings. The molecule has 4 rings (SSSR count). The molecule has 0 N–H and O–H groups in total. The van der Waals surface area contributed by atoms with Crippen molar-refractivity contribution in [3.05, 3.63) is 112 Å². The number of halogens is 2. The summed E-state index contributed by atoms with van der Waals surface area (Å²) in [7, 11) is 0. The lowest BCUT2D eigenvalue weighted by Crippen LogP contribution is -2.27. The molecule has 0 bridgehead atoms. The number of nitrogens with zero attached hydrogens (tertiary/aromatic N) is 2. The van der Waals surface area contributed by atoms with Gasteiger partial charge in [0.1, 0.15) is 10.7 Å². The summed E-state index contributed by atoms with van der Waals surface area (Å²) in [6.45, 7) is 12.9. The highest BCUT2D eigenvalue weighted by atomic mass is 35.5. The summed E-state index contributed by atoms with van der Waals surface area (Å²) >= 11 is 13.4. The molecule has 0 amide bonds. The summed E-state index contributed by atoms with van der Waals surface area (Å²) in [4.78, 5) is 3.77. The molecule has 0 saturated carbocycles. The van der Waals surface area contributed by atoms with E-state index in [-0.39, 0.29) is 0 Å². The molecule has 3 aromatic carbocycles. The maximum atomic E-state index is 6.70. The predicted molar refractivity (Wildman–Crippen MR) is 144 cm³/mol. The van der Waals surface area contributed by atoms with E-state index in [9.17, 15) is 0 Å². The Morgan fingerprint density at radius 3 is 1.39 bits per heavy atom. The normalized spacial score (nSPS) is 13.4. The van der Waals surface area contributed by atoms with Crippen LogP contribution >= 0.6 is 23.2 Å². The Hall–Kier alpha value is -2.68. The van der Waals surface area contributed by atoms with Gasteiger partial charge >= 0.3 is 0 Å². The number of aryl methyl sites for hydroxylation is 6. The average Bonchev–Trinajstić information content (AvgIpc) is 3.11. The van der Waals surface area contributed by atoms with Crippen LogP contribution in [0.5, 0.6) is 0 Å². The van der Waals surface area contributed by atoms with Crippen molar-refractivity contribution in [2.24, 2.45) is 0 Å². The van der Waals surface area contributed by atoms with Gasteiger partial charge in [0, 0.05) is 18.0 Å². The molecular weight excluding hydrogens is 447 g/mol. The van der Waals surface area contributed by atoms with E-state index in [1.807, 2.05) is 18.2 Å². The number of hydrogen-bond acceptors (Lipinski definition) is 2. The third-order valence-corrected chi connectivity index (χ3v) is 6.55. The Labute approximate surface area is 207 Å². The van der Waals surface area contributed by atoms with Gasteiger partial charge in [-0.05, 0) is 69.4 Å². The van der Waals surface area contributed by atoms with E-state index < -0.39 is 4.84 Å². The highest BCUT2D eigenvalue weighted by Crippen LogP contribution is 2.43. The van der Waals surface area contributed by atoms with Gasteiger partial charge in [-0.2, -0.15) is 0 Å². The van der Waals surface area contributed by atoms with Crippen LogP contribution in [0.15, 0.2) is 72.8 Å². The minimum atomic E-state index is -0.704. The molecule has 0 saturated heterocycles. The van der Waals surface area contributed by atoms with Gasteiger partial charge in [-0.1, -0.05) is 88.9 Å². The zero-order valence-corrected chi connectivity index (χ0v) is 21.6. The number of alkyl halides is 2. The molecule has 33 heavy (non-hydrogen) atoms. The molecule has 2 nitrogen and oxygen atoms in total. The monoisotopic (exact) mass is 476 g/mol. The van der Waals surface area contributed by atoms with Gasteiger partial charge in [-0.25, -0.2) is 0 Å². The lowest BCUT2D eigenvalue weighted by atomic mass is 10.0. The number of anilines is 2. The molecule has 0 unspecified atom stereocenters. The van der Waals surface area contributed by atoms with Crippen molar-refractivity contribution < 1.29 is 0 Å². The first-order valence-electron chi connectivity index (χ1n) is 11.2. The minimum absolute atomic E-state index is 0.704. The number of hydrogen-bond donors (Lipinski definition) is 0. The van der Waals surface area contributed by atoms with Crippen LogP contribution in [-0.2, 0) is 0 Å². The fourth-order valence-corrected chi connectivity index (χ4v) is 5.53. The summed E-state index contributed by atoms with van der Waals surface area (Å²) in [5.41, 5.74) is 11.5. The third kappa shape index (κ3) is 4.43. The molecule has 170 valence electrons. The third-order valence-electron chi connectivity index (χ3n) is 6.12. The summed E-state index contributed by atoms with van der Waals surface area (Å²) in [6.07, 6.45) is 4.25. The second kappa shape index (κ2) is 9.29. The average molecular weight is 477 g/mol. The van der Waals surface area contributed by atoms with Crippen molar-refractivity contribution in [1.29, 1.82) is 0 Å². The van der Waals surface area contributed by atoms with Gasteiger partial charge in [-0.15, -0.1) is 0 Å². The molecule has 1 aliphatic heterocycles. The maximum Gasteiger partial charge on any atom is 0.136 e. The Morgan fingerprint density at radius 2 is 1.03 bits per heavy atom. The summed E-state index contributed by atoms with van der Waals surface area (Å²) < 4.78 is 0. The molecule has 0 spiro atoms. The van der Waals surface area contributed by atoms with Crippen LogP contribution in [0.1, 0.15) is 38.9 Å². The quantitative estimate of drug-likeness (QED) is 0.348. The first-order valence-corrected chi connectivity index (χ1v) is 12.1. The SMILES string of the molecule is Cc1cc(C)c(N2C=CN(c3c(C)cc(C)cc3C)C2=C(c2ccccc2)C(Cl)Cl)c(C)c1. The van der Waals surface area contributed by atoms with E-state index in [0.717, 1.165) is 28.3 Å². The zero-order chi connectivity index (χ0) is 23.9. The van der Waals surface area contributed by atoms with Gasteiger partial charge in [0.2, 0.25) is 0 Å². The zero-order valence-electron chi connectivity index (χ0n) is 20.1. The van der Waals surface area contributed by atoms with Crippen molar-refractivity contribution in [3.8, 4) is 0 Å². The van der Waals surface area contributed by atoms with Gasteiger partial charge in [0.15, 0.2) is 0 Å². The minimum Gasteiger partial charge on any atom is -0.301 e. The summed E-state index contributed by atoms with van der Waals surface area (Å²) in [5, 5.41) is 0. The van der Waals surface area contributed by atoms with Crippen molar-refractivity contribution in [2.45, 2.75) is 46.4 Å². The van der Waals surface area contributed by atoms with E-state index >= 15 is 0 Å². The first kappa shape index (κ1) is 23.5. The number of benzene rings is 3. The van der Waals surface area contributed by atoms with Crippen LogP contribution < -0.4 is 9.80 Å². The first-order chi connectivity index (χ1) is 15.7. The van der Waals surface area contributed by atoms with Gasteiger partial charge in [-0.3, -0.25) is 0 Å². The van der Waals surface area contributed by atoms with Crippen molar-refractivity contribution in [2.75, 3.05) is 9.80 Å². The van der Waals surface area contributed by atoms with Crippen LogP contribution in [0.2, 0.25) is 0 Å². The Morgan fingerprint density at radius 1 is 0.636 bits per heavy atom. The summed E-state index contributed by atoms with van der Waals surface area (Å²) in [6, 6.07) is 19.1. The molecule has 0 radical (unpaired) electrons. The fourth-order valence-electron chi connectivity index (χ4n) is 5.09. The lowest BCUT2D eigenvalue weighted by molar-refractivity contribution is 1.07. The van der Waals surface area contributed by atoms with Crippen LogP contribution in [-0.4, -0.2) is 4.84 Å². The Kier molecular flexibility index (Phi) is 6.61. The van der Waals surface area contributed by atoms with E-state index in [1.54, 1.807) is 0 Å². The Balaban J connectivity index is 2.04. The Bertz CT molecular complexity index is 1140. The van der Waals surface area contributed by atoms with Crippen molar-refractivity contribution in [3.63, 3.8) is 0 Å².